The number of hydrogen-bond donors (Lipinski definition) is 2. The van der Waals surface area contributed by atoms with Gasteiger partial charge in [-0.05, 0) is 61.9 Å². The Bertz CT molecular complexity index is 514. The van der Waals surface area contributed by atoms with E-state index in [9.17, 15) is 9.59 Å². The predicted octanol–water partition coefficient (Wildman–Crippen LogP) is 2.03. The lowest BCUT2D eigenvalue weighted by Crippen LogP contribution is -2.45. The maximum absolute atomic E-state index is 11.9. The summed E-state index contributed by atoms with van der Waals surface area (Å²) >= 11 is 0. The van der Waals surface area contributed by atoms with Gasteiger partial charge in [0.2, 0.25) is 11.8 Å². The van der Waals surface area contributed by atoms with Gasteiger partial charge >= 0.3 is 0 Å². The van der Waals surface area contributed by atoms with Gasteiger partial charge in [-0.25, -0.2) is 0 Å². The lowest BCUT2D eigenvalue weighted by molar-refractivity contribution is -0.127. The maximum atomic E-state index is 11.9. The Hall–Kier alpha value is -1.78. The molecule has 1 unspecified atom stereocenters. The van der Waals surface area contributed by atoms with E-state index in [1.807, 2.05) is 18.4 Å². The second kappa shape index (κ2) is 7.20. The van der Waals surface area contributed by atoms with Crippen LogP contribution in [0, 0.1) is 17.8 Å². The fourth-order valence-electron chi connectivity index (χ4n) is 2.64. The van der Waals surface area contributed by atoms with Crippen molar-refractivity contribution in [3.63, 3.8) is 0 Å². The third-order valence-corrected chi connectivity index (χ3v) is 4.63. The summed E-state index contributed by atoms with van der Waals surface area (Å²) in [7, 11) is 0. The monoisotopic (exact) mass is 318 g/mol. The summed E-state index contributed by atoms with van der Waals surface area (Å²) in [5, 5.41) is 2.75. The van der Waals surface area contributed by atoms with Crippen molar-refractivity contribution in [1.29, 1.82) is 0 Å². The first-order valence-electron chi connectivity index (χ1n) is 8.70. The molecule has 0 aromatic carbocycles. The average Bonchev–Trinajstić information content (AvgIpc) is 3.39. The molecule has 3 aliphatic rings. The number of carbonyl (C=O) groups excluding carboxylic acids is 2. The van der Waals surface area contributed by atoms with Crippen molar-refractivity contribution in [2.45, 2.75) is 51.0 Å². The van der Waals surface area contributed by atoms with Crippen molar-refractivity contribution in [3.05, 3.63) is 24.0 Å². The largest absolute Gasteiger partial charge is 0.501 e. The molecule has 5 heteroatoms. The van der Waals surface area contributed by atoms with E-state index in [4.69, 9.17) is 10.5 Å². The molecule has 1 atom stereocenters. The summed E-state index contributed by atoms with van der Waals surface area (Å²) in [6.45, 7) is 0.812. The molecule has 0 radical (unpaired) electrons. The fraction of sp³-hybridized carbons (Fsp3) is 0.667. The van der Waals surface area contributed by atoms with Crippen LogP contribution in [-0.2, 0) is 14.3 Å². The van der Waals surface area contributed by atoms with E-state index in [0.717, 1.165) is 25.4 Å². The van der Waals surface area contributed by atoms with Crippen LogP contribution >= 0.6 is 0 Å². The zero-order valence-electron chi connectivity index (χ0n) is 13.5. The average molecular weight is 318 g/mol. The van der Waals surface area contributed by atoms with E-state index >= 15 is 0 Å². The summed E-state index contributed by atoms with van der Waals surface area (Å²) < 4.78 is 5.64. The van der Waals surface area contributed by atoms with E-state index < -0.39 is 11.9 Å². The zero-order valence-corrected chi connectivity index (χ0v) is 13.5. The molecule has 3 aliphatic carbocycles. The Morgan fingerprint density at radius 1 is 1.17 bits per heavy atom. The van der Waals surface area contributed by atoms with Gasteiger partial charge in [-0.1, -0.05) is 12.2 Å². The molecule has 3 saturated carbocycles. The normalized spacial score (nSPS) is 22.9. The van der Waals surface area contributed by atoms with Gasteiger partial charge in [0.1, 0.15) is 6.04 Å². The van der Waals surface area contributed by atoms with Gasteiger partial charge in [0.15, 0.2) is 0 Å². The number of carbonyl (C=O) groups is 2. The number of ether oxygens (including phenoxy) is 1. The highest BCUT2D eigenvalue weighted by atomic mass is 16.5. The summed E-state index contributed by atoms with van der Waals surface area (Å²) in [6.07, 6.45) is 12.9. The molecule has 0 bridgehead atoms. The molecule has 23 heavy (non-hydrogen) atoms. The van der Waals surface area contributed by atoms with Crippen LogP contribution in [0.2, 0.25) is 0 Å². The molecule has 2 amide bonds. The minimum Gasteiger partial charge on any atom is -0.501 e. The Balaban J connectivity index is 1.43. The number of allylic oxidation sites excluding steroid dienone is 2. The van der Waals surface area contributed by atoms with E-state index in [0.29, 0.717) is 5.92 Å². The molecular weight excluding hydrogens is 292 g/mol. The quantitative estimate of drug-likeness (QED) is 0.478. The Labute approximate surface area is 137 Å². The van der Waals surface area contributed by atoms with Crippen LogP contribution in [0.15, 0.2) is 24.0 Å². The molecule has 126 valence electrons. The SMILES string of the molecule is NC(=O)C(NC(=O)C/C=C\C(=C\OCC1CC1)C1CC1)C1CC1. The van der Waals surface area contributed by atoms with Crippen LogP contribution in [0.3, 0.4) is 0 Å². The highest BCUT2D eigenvalue weighted by Gasteiger charge is 2.35. The number of nitrogens with one attached hydrogen (secondary N) is 1. The van der Waals surface area contributed by atoms with Crippen molar-refractivity contribution in [2.24, 2.45) is 23.5 Å². The number of hydrogen-bond acceptors (Lipinski definition) is 3. The first-order valence-corrected chi connectivity index (χ1v) is 8.70. The third kappa shape index (κ3) is 5.41. The second-order valence-corrected chi connectivity index (χ2v) is 7.06. The Morgan fingerprint density at radius 2 is 1.91 bits per heavy atom. The summed E-state index contributed by atoms with van der Waals surface area (Å²) in [5.41, 5.74) is 6.51. The fourth-order valence-corrected chi connectivity index (χ4v) is 2.64. The van der Waals surface area contributed by atoms with Gasteiger partial charge < -0.3 is 15.8 Å². The highest BCUT2D eigenvalue weighted by molar-refractivity contribution is 5.87. The number of primary amides is 1. The van der Waals surface area contributed by atoms with Crippen LogP contribution in [0.25, 0.3) is 0 Å². The first-order chi connectivity index (χ1) is 11.1. The molecule has 0 heterocycles. The van der Waals surface area contributed by atoms with Crippen molar-refractivity contribution in [1.82, 2.24) is 5.32 Å². The van der Waals surface area contributed by atoms with Gasteiger partial charge in [-0.2, -0.15) is 0 Å². The van der Waals surface area contributed by atoms with Gasteiger partial charge in [-0.15, -0.1) is 0 Å². The van der Waals surface area contributed by atoms with Crippen LogP contribution in [-0.4, -0.2) is 24.5 Å². The smallest absolute Gasteiger partial charge is 0.240 e. The molecule has 5 nitrogen and oxygen atoms in total. The standard InChI is InChI=1S/C18H26N2O3/c19-18(22)17(14-8-9-14)20-16(21)3-1-2-15(13-6-7-13)11-23-10-12-4-5-12/h1-2,11-14,17H,3-10H2,(H2,19,22)(H,20,21)/b2-1-,15-11-. The predicted molar refractivity (Wildman–Crippen MR) is 87.1 cm³/mol. The summed E-state index contributed by atoms with van der Waals surface area (Å²) in [6, 6.07) is -0.504. The molecule has 3 fully saturated rings. The Morgan fingerprint density at radius 3 is 2.48 bits per heavy atom. The van der Waals surface area contributed by atoms with E-state index in [1.165, 1.54) is 31.3 Å². The van der Waals surface area contributed by atoms with E-state index in [1.54, 1.807) is 0 Å². The Kier molecular flexibility index (Phi) is 5.03. The van der Waals surface area contributed by atoms with Gasteiger partial charge in [0.25, 0.3) is 0 Å². The molecule has 0 saturated heterocycles. The van der Waals surface area contributed by atoms with Crippen molar-refractivity contribution in [2.75, 3.05) is 6.61 Å². The summed E-state index contributed by atoms with van der Waals surface area (Å²) in [4.78, 5) is 23.3. The molecule has 3 N–H and O–H groups in total. The summed E-state index contributed by atoms with van der Waals surface area (Å²) in [5.74, 6) is 0.981. The maximum Gasteiger partial charge on any atom is 0.240 e. The van der Waals surface area contributed by atoms with Gasteiger partial charge in [0.05, 0.1) is 12.9 Å². The third-order valence-electron chi connectivity index (χ3n) is 4.63. The van der Waals surface area contributed by atoms with E-state index in [2.05, 4.69) is 5.32 Å². The van der Waals surface area contributed by atoms with Crippen molar-refractivity contribution in [3.8, 4) is 0 Å². The molecule has 3 rings (SSSR count). The van der Waals surface area contributed by atoms with Crippen LogP contribution in [0.4, 0.5) is 0 Å². The lowest BCUT2D eigenvalue weighted by atomic mass is 10.1. The number of nitrogens with two attached hydrogens (primary N) is 1. The zero-order chi connectivity index (χ0) is 16.2. The highest BCUT2D eigenvalue weighted by Crippen LogP contribution is 2.37. The van der Waals surface area contributed by atoms with Crippen LogP contribution in [0.1, 0.15) is 44.9 Å². The van der Waals surface area contributed by atoms with Gasteiger partial charge in [-0.3, -0.25) is 9.59 Å². The molecule has 0 aliphatic heterocycles. The number of amides is 2. The van der Waals surface area contributed by atoms with Crippen LogP contribution < -0.4 is 11.1 Å². The number of rotatable bonds is 10. The first kappa shape index (κ1) is 16.1. The minimum absolute atomic E-state index is 0.147. The van der Waals surface area contributed by atoms with Gasteiger partial charge in [0, 0.05) is 6.42 Å². The lowest BCUT2D eigenvalue weighted by Gasteiger charge is -2.13. The van der Waals surface area contributed by atoms with Crippen LogP contribution in [0.5, 0.6) is 0 Å². The molecular formula is C18H26N2O3. The topological polar surface area (TPSA) is 81.4 Å². The molecule has 0 aromatic heterocycles. The van der Waals surface area contributed by atoms with E-state index in [-0.39, 0.29) is 18.2 Å². The molecule has 0 aromatic rings. The van der Waals surface area contributed by atoms with Crippen molar-refractivity contribution >= 4 is 11.8 Å². The second-order valence-electron chi connectivity index (χ2n) is 7.06. The molecule has 0 spiro atoms. The van der Waals surface area contributed by atoms with Crippen molar-refractivity contribution < 1.29 is 14.3 Å². The minimum atomic E-state index is -0.504.